The fourth-order valence-corrected chi connectivity index (χ4v) is 2.29. The van der Waals surface area contributed by atoms with Gasteiger partial charge in [-0.3, -0.25) is 4.90 Å². The number of rotatable bonds is 4. The molecule has 2 aromatic carbocycles. The minimum Gasteiger partial charge on any atom is -0.497 e. The summed E-state index contributed by atoms with van der Waals surface area (Å²) < 4.78 is 5.15. The highest BCUT2D eigenvalue weighted by molar-refractivity contribution is 6.30. The lowest BCUT2D eigenvalue weighted by Crippen LogP contribution is -3.11. The lowest BCUT2D eigenvalue weighted by molar-refractivity contribution is -0.825. The third kappa shape index (κ3) is 3.63. The van der Waals surface area contributed by atoms with E-state index in [2.05, 4.69) is 0 Å². The van der Waals surface area contributed by atoms with Crippen LogP contribution >= 0.6 is 11.6 Å². The number of quaternary nitrogens is 1. The summed E-state index contributed by atoms with van der Waals surface area (Å²) in [5.41, 5.74) is 1.76. The quantitative estimate of drug-likeness (QED) is 0.941. The predicted molar refractivity (Wildman–Crippen MR) is 84.1 cm³/mol. The van der Waals surface area contributed by atoms with Crippen LogP contribution in [0.5, 0.6) is 5.75 Å². The zero-order valence-corrected chi connectivity index (χ0v) is 13.1. The number of nitrogens with one attached hydrogen (secondary N) is 1. The van der Waals surface area contributed by atoms with E-state index in [-0.39, 0.29) is 11.9 Å². The fraction of sp³-hybridized carbons (Fsp3) is 0.235. The van der Waals surface area contributed by atoms with E-state index in [9.17, 15) is 4.79 Å². The maximum absolute atomic E-state index is 12.5. The molecule has 0 aliphatic rings. The van der Waals surface area contributed by atoms with E-state index in [1.807, 2.05) is 38.2 Å². The zero-order valence-electron chi connectivity index (χ0n) is 12.4. The molecule has 2 atom stereocenters. The Morgan fingerprint density at radius 2 is 1.67 bits per heavy atom. The first-order valence-corrected chi connectivity index (χ1v) is 7.18. The van der Waals surface area contributed by atoms with E-state index in [1.54, 1.807) is 31.4 Å². The van der Waals surface area contributed by atoms with Crippen molar-refractivity contribution in [1.29, 1.82) is 0 Å². The van der Waals surface area contributed by atoms with Crippen LogP contribution < -0.4 is 9.64 Å². The Labute approximate surface area is 130 Å². The molecule has 0 aliphatic heterocycles. The molecule has 0 spiro atoms. The van der Waals surface area contributed by atoms with E-state index in [0.717, 1.165) is 16.2 Å². The average Bonchev–Trinajstić information content (AvgIpc) is 2.53. The number of carbonyl (C=O) groups excluding carboxylic acids is 1. The normalized spacial score (nSPS) is 13.5. The number of hydrogen-bond donors (Lipinski definition) is 1. The number of carbonyl (C=O) groups is 1. The van der Waals surface area contributed by atoms with E-state index in [0.29, 0.717) is 10.6 Å². The molecular weight excluding hydrogens is 286 g/mol. The summed E-state index contributed by atoms with van der Waals surface area (Å²) in [7, 11) is 3.52. The van der Waals surface area contributed by atoms with Crippen molar-refractivity contribution in [3.63, 3.8) is 0 Å². The van der Waals surface area contributed by atoms with Crippen molar-refractivity contribution < 1.29 is 14.4 Å². The Bertz CT molecular complexity index is 608. The molecule has 0 saturated carbocycles. The molecule has 2 unspecified atom stereocenters. The summed E-state index contributed by atoms with van der Waals surface area (Å²) in [5, 5.41) is 0.632. The van der Waals surface area contributed by atoms with E-state index in [1.165, 1.54) is 0 Å². The highest BCUT2D eigenvalue weighted by Crippen LogP contribution is 2.16. The lowest BCUT2D eigenvalue weighted by atomic mass is 10.1. The summed E-state index contributed by atoms with van der Waals surface area (Å²) in [6, 6.07) is 14.8. The van der Waals surface area contributed by atoms with Crippen LogP contribution in [-0.4, -0.2) is 20.1 Å². The van der Waals surface area contributed by atoms with Crippen LogP contribution in [0, 0.1) is 0 Å². The van der Waals surface area contributed by atoms with Crippen LogP contribution in [0.25, 0.3) is 0 Å². The molecule has 21 heavy (non-hydrogen) atoms. The Morgan fingerprint density at radius 1 is 1.10 bits per heavy atom. The second kappa shape index (κ2) is 6.74. The summed E-state index contributed by atoms with van der Waals surface area (Å²) in [4.78, 5) is 13.3. The van der Waals surface area contributed by atoms with Crippen molar-refractivity contribution in [2.45, 2.75) is 13.0 Å². The summed E-state index contributed by atoms with van der Waals surface area (Å²) in [5.74, 6) is 0.864. The van der Waals surface area contributed by atoms with Gasteiger partial charge in [-0.1, -0.05) is 11.6 Å². The summed E-state index contributed by atoms with van der Waals surface area (Å²) in [6.07, 6.45) is 0. The first-order chi connectivity index (χ1) is 10.0. The van der Waals surface area contributed by atoms with Crippen molar-refractivity contribution >= 4 is 17.5 Å². The van der Waals surface area contributed by atoms with E-state index >= 15 is 0 Å². The molecule has 1 amide bonds. The molecule has 0 radical (unpaired) electrons. The van der Waals surface area contributed by atoms with Crippen LogP contribution in [0.1, 0.15) is 28.9 Å². The Balaban J connectivity index is 2.15. The molecule has 2 rings (SSSR count). The van der Waals surface area contributed by atoms with Gasteiger partial charge in [-0.15, -0.1) is 0 Å². The highest BCUT2D eigenvalue weighted by atomic mass is 35.5. The zero-order chi connectivity index (χ0) is 15.4. The van der Waals surface area contributed by atoms with Crippen molar-refractivity contribution in [1.82, 2.24) is 0 Å². The minimum absolute atomic E-state index is 0.0509. The molecule has 110 valence electrons. The van der Waals surface area contributed by atoms with Crippen LogP contribution in [-0.2, 0) is 0 Å². The fourth-order valence-electron chi connectivity index (χ4n) is 2.17. The van der Waals surface area contributed by atoms with Gasteiger partial charge in [0.2, 0.25) is 0 Å². The Kier molecular flexibility index (Phi) is 4.99. The monoisotopic (exact) mass is 304 g/mol. The van der Waals surface area contributed by atoms with Gasteiger partial charge >= 0.3 is 5.91 Å². The third-order valence-electron chi connectivity index (χ3n) is 3.73. The summed E-state index contributed by atoms with van der Waals surface area (Å²) >= 11 is 5.85. The molecule has 2 aromatic rings. The van der Waals surface area contributed by atoms with Gasteiger partial charge in [-0.2, -0.15) is 0 Å². The van der Waals surface area contributed by atoms with Crippen molar-refractivity contribution in [2.24, 2.45) is 0 Å². The van der Waals surface area contributed by atoms with Crippen LogP contribution in [0.15, 0.2) is 48.5 Å². The number of hydrogen-bond acceptors (Lipinski definition) is 2. The van der Waals surface area contributed by atoms with Gasteiger partial charge in [0.15, 0.2) is 0 Å². The number of halogens is 1. The largest absolute Gasteiger partial charge is 0.497 e. The van der Waals surface area contributed by atoms with Gasteiger partial charge < -0.3 is 4.74 Å². The molecule has 3 nitrogen and oxygen atoms in total. The van der Waals surface area contributed by atoms with E-state index in [4.69, 9.17) is 16.3 Å². The SMILES string of the molecule is COc1ccc(C(C)[NH+](C)C(=O)c2ccc(Cl)cc2)cc1. The number of ether oxygens (including phenoxy) is 1. The molecule has 0 fully saturated rings. The predicted octanol–water partition coefficient (Wildman–Crippen LogP) is 2.76. The highest BCUT2D eigenvalue weighted by Gasteiger charge is 2.24. The van der Waals surface area contributed by atoms with Gasteiger partial charge in [0.05, 0.1) is 19.7 Å². The lowest BCUT2D eigenvalue weighted by Gasteiger charge is -2.20. The molecule has 0 aliphatic carbocycles. The molecule has 0 aromatic heterocycles. The standard InChI is InChI=1S/C17H18ClNO2/c1-12(13-6-10-16(21-3)11-7-13)19(2)17(20)14-4-8-15(18)9-5-14/h4-12H,1-3H3/p+1. The van der Waals surface area contributed by atoms with Crippen LogP contribution in [0.4, 0.5) is 0 Å². The second-order valence-corrected chi connectivity index (χ2v) is 5.45. The number of amides is 1. The van der Waals surface area contributed by atoms with Crippen LogP contribution in [0.3, 0.4) is 0 Å². The van der Waals surface area contributed by atoms with Gasteiger partial charge in [0.1, 0.15) is 11.8 Å². The summed E-state index contributed by atoms with van der Waals surface area (Å²) in [6.45, 7) is 2.03. The molecular formula is C17H19ClNO2+. The molecule has 4 heteroatoms. The number of benzene rings is 2. The third-order valence-corrected chi connectivity index (χ3v) is 3.98. The van der Waals surface area contributed by atoms with E-state index < -0.39 is 0 Å². The second-order valence-electron chi connectivity index (χ2n) is 5.01. The van der Waals surface area contributed by atoms with Crippen molar-refractivity contribution in [2.75, 3.05) is 14.2 Å². The molecule has 0 saturated heterocycles. The van der Waals surface area contributed by atoms with Crippen molar-refractivity contribution in [3.05, 3.63) is 64.7 Å². The molecule has 0 bridgehead atoms. The van der Waals surface area contributed by atoms with Crippen LogP contribution in [0.2, 0.25) is 5.02 Å². The average molecular weight is 305 g/mol. The number of methoxy groups -OCH3 is 1. The molecule has 1 N–H and O–H groups in total. The smallest absolute Gasteiger partial charge is 0.344 e. The minimum atomic E-state index is 0.0509. The van der Waals surface area contributed by atoms with Crippen molar-refractivity contribution in [3.8, 4) is 5.75 Å². The first kappa shape index (κ1) is 15.5. The molecule has 0 heterocycles. The first-order valence-electron chi connectivity index (χ1n) is 6.80. The van der Waals surface area contributed by atoms with Gasteiger partial charge in [-0.05, 0) is 55.5 Å². The Morgan fingerprint density at radius 3 is 2.19 bits per heavy atom. The maximum atomic E-state index is 12.5. The van der Waals surface area contributed by atoms with Gasteiger partial charge in [0, 0.05) is 10.6 Å². The van der Waals surface area contributed by atoms with Gasteiger partial charge in [0.25, 0.3) is 0 Å². The maximum Gasteiger partial charge on any atom is 0.344 e. The topological polar surface area (TPSA) is 30.7 Å². The Hall–Kier alpha value is -1.84. The van der Waals surface area contributed by atoms with Gasteiger partial charge in [-0.25, -0.2) is 4.79 Å².